The Balaban J connectivity index is 1.16. The van der Waals surface area contributed by atoms with E-state index >= 15 is 0 Å². The first kappa shape index (κ1) is 21.8. The van der Waals surface area contributed by atoms with Crippen LogP contribution >= 0.6 is 22.7 Å². The van der Waals surface area contributed by atoms with Crippen LogP contribution in [0.1, 0.15) is 18.4 Å². The number of amides is 1. The fraction of sp³-hybridized carbons (Fsp3) is 0.455. The van der Waals surface area contributed by atoms with Crippen LogP contribution in [0, 0.1) is 12.8 Å². The Bertz CT molecular complexity index is 1210. The fourth-order valence-corrected chi connectivity index (χ4v) is 8.14. The van der Waals surface area contributed by atoms with E-state index in [1.807, 2.05) is 4.90 Å². The van der Waals surface area contributed by atoms with Crippen LogP contribution in [-0.4, -0.2) is 67.8 Å². The van der Waals surface area contributed by atoms with Gasteiger partial charge in [0.05, 0.1) is 10.2 Å². The second kappa shape index (κ2) is 8.74. The van der Waals surface area contributed by atoms with Crippen LogP contribution < -0.4 is 4.90 Å². The minimum Gasteiger partial charge on any atom is -0.345 e. The minimum absolute atomic E-state index is 0.0956. The van der Waals surface area contributed by atoms with Crippen LogP contribution in [0.5, 0.6) is 0 Å². The van der Waals surface area contributed by atoms with Gasteiger partial charge in [0.25, 0.3) is 10.0 Å². The molecular weight excluding hydrogens is 464 g/mol. The van der Waals surface area contributed by atoms with Crippen LogP contribution in [0.15, 0.2) is 39.9 Å². The van der Waals surface area contributed by atoms with Crippen molar-refractivity contribution in [1.29, 1.82) is 0 Å². The van der Waals surface area contributed by atoms with Crippen LogP contribution in [0.4, 0.5) is 5.13 Å². The average Bonchev–Trinajstić information content (AvgIpc) is 3.49. The molecule has 1 aromatic carbocycles. The van der Waals surface area contributed by atoms with Crippen LogP contribution in [0.3, 0.4) is 0 Å². The molecule has 0 atom stereocenters. The molecule has 7 nitrogen and oxygen atoms in total. The van der Waals surface area contributed by atoms with Crippen molar-refractivity contribution in [3.63, 3.8) is 0 Å². The van der Waals surface area contributed by atoms with E-state index in [-0.39, 0.29) is 11.8 Å². The van der Waals surface area contributed by atoms with Crippen molar-refractivity contribution < 1.29 is 13.2 Å². The molecule has 0 radical (unpaired) electrons. The molecule has 2 aliphatic rings. The molecule has 32 heavy (non-hydrogen) atoms. The van der Waals surface area contributed by atoms with Gasteiger partial charge < -0.3 is 9.80 Å². The molecule has 2 aromatic heterocycles. The normalized spacial score (nSPS) is 19.0. The predicted octanol–water partition coefficient (Wildman–Crippen LogP) is 3.42. The second-order valence-electron chi connectivity index (χ2n) is 8.39. The number of sulfonamides is 1. The van der Waals surface area contributed by atoms with Gasteiger partial charge in [-0.1, -0.05) is 23.5 Å². The molecule has 170 valence electrons. The number of benzene rings is 1. The van der Waals surface area contributed by atoms with Crippen molar-refractivity contribution in [2.75, 3.05) is 44.2 Å². The van der Waals surface area contributed by atoms with Crippen LogP contribution in [0.2, 0.25) is 0 Å². The van der Waals surface area contributed by atoms with Gasteiger partial charge in [-0.05, 0) is 48.9 Å². The molecule has 0 bridgehead atoms. The maximum absolute atomic E-state index is 13.1. The summed E-state index contributed by atoms with van der Waals surface area (Å²) in [6.45, 7) is 5.81. The van der Waals surface area contributed by atoms with E-state index in [0.29, 0.717) is 43.2 Å². The number of rotatable bonds is 4. The maximum Gasteiger partial charge on any atom is 0.252 e. The molecule has 2 aliphatic heterocycles. The Morgan fingerprint density at radius 2 is 1.81 bits per heavy atom. The largest absolute Gasteiger partial charge is 0.345 e. The average molecular weight is 491 g/mol. The summed E-state index contributed by atoms with van der Waals surface area (Å²) < 4.78 is 28.5. The molecule has 0 N–H and O–H groups in total. The number of thiazole rings is 1. The number of hydrogen-bond donors (Lipinski definition) is 0. The first-order chi connectivity index (χ1) is 15.4. The summed E-state index contributed by atoms with van der Waals surface area (Å²) in [6.07, 6.45) is 1.17. The number of thiophene rings is 1. The van der Waals surface area contributed by atoms with Gasteiger partial charge in [-0.3, -0.25) is 4.79 Å². The van der Waals surface area contributed by atoms with Gasteiger partial charge in [-0.15, -0.1) is 11.3 Å². The minimum atomic E-state index is -3.43. The summed E-state index contributed by atoms with van der Waals surface area (Å²) in [5.41, 5.74) is 2.26. The van der Waals surface area contributed by atoms with Gasteiger partial charge >= 0.3 is 0 Å². The number of nitrogens with zero attached hydrogens (tertiary/aromatic N) is 4. The molecule has 2 fully saturated rings. The predicted molar refractivity (Wildman–Crippen MR) is 129 cm³/mol. The SMILES string of the molecule is Cc1ccc2nc(N3CCN(C(=O)C4CCN(S(=O)(=O)c5cccs5)CC4)CC3)sc2c1. The quantitative estimate of drug-likeness (QED) is 0.560. The van der Waals surface area contributed by atoms with E-state index in [1.165, 1.54) is 25.9 Å². The first-order valence-corrected chi connectivity index (χ1v) is 14.0. The zero-order chi connectivity index (χ0) is 22.3. The van der Waals surface area contributed by atoms with Gasteiger partial charge in [0, 0.05) is 45.2 Å². The summed E-state index contributed by atoms with van der Waals surface area (Å²) >= 11 is 2.95. The molecule has 3 aromatic rings. The highest BCUT2D eigenvalue weighted by Gasteiger charge is 2.35. The lowest BCUT2D eigenvalue weighted by Gasteiger charge is -2.38. The number of aromatic nitrogens is 1. The number of piperazine rings is 1. The summed E-state index contributed by atoms with van der Waals surface area (Å²) in [5.74, 6) is 0.0690. The summed E-state index contributed by atoms with van der Waals surface area (Å²) in [5, 5.41) is 2.79. The van der Waals surface area contributed by atoms with Gasteiger partial charge in [0.2, 0.25) is 5.91 Å². The Labute approximate surface area is 196 Å². The molecule has 2 saturated heterocycles. The number of aryl methyl sites for hydroxylation is 1. The van der Waals surface area contributed by atoms with Gasteiger partial charge in [0.15, 0.2) is 5.13 Å². The van der Waals surface area contributed by atoms with Crippen molar-refractivity contribution in [1.82, 2.24) is 14.2 Å². The van der Waals surface area contributed by atoms with Crippen molar-refractivity contribution in [3.8, 4) is 0 Å². The molecule has 4 heterocycles. The third-order valence-corrected chi connectivity index (χ3v) is 10.6. The Kier molecular flexibility index (Phi) is 5.96. The van der Waals surface area contributed by atoms with Crippen molar-refractivity contribution >= 4 is 54.0 Å². The Morgan fingerprint density at radius 1 is 1.06 bits per heavy atom. The number of carbonyl (C=O) groups is 1. The highest BCUT2D eigenvalue weighted by Crippen LogP contribution is 2.31. The third-order valence-electron chi connectivity index (χ3n) is 6.29. The first-order valence-electron chi connectivity index (χ1n) is 10.9. The van der Waals surface area contributed by atoms with Crippen molar-refractivity contribution in [2.45, 2.75) is 24.0 Å². The monoisotopic (exact) mass is 490 g/mol. The van der Waals surface area contributed by atoms with E-state index in [1.54, 1.807) is 28.8 Å². The molecular formula is C22H26N4O3S3. The molecule has 1 amide bonds. The lowest BCUT2D eigenvalue weighted by Crippen LogP contribution is -2.52. The van der Waals surface area contributed by atoms with Gasteiger partial charge in [-0.2, -0.15) is 4.31 Å². The second-order valence-corrected chi connectivity index (χ2v) is 12.5. The Hall–Kier alpha value is -2.01. The maximum atomic E-state index is 13.1. The highest BCUT2D eigenvalue weighted by molar-refractivity contribution is 7.91. The zero-order valence-electron chi connectivity index (χ0n) is 17.9. The molecule has 0 saturated carbocycles. The molecule has 5 rings (SSSR count). The van der Waals surface area contributed by atoms with E-state index in [4.69, 9.17) is 4.98 Å². The fourth-order valence-electron chi connectivity index (χ4n) is 4.41. The lowest BCUT2D eigenvalue weighted by atomic mass is 9.96. The lowest BCUT2D eigenvalue weighted by molar-refractivity contribution is -0.137. The van der Waals surface area contributed by atoms with Crippen molar-refractivity contribution in [2.24, 2.45) is 5.92 Å². The van der Waals surface area contributed by atoms with E-state index < -0.39 is 10.0 Å². The molecule has 0 unspecified atom stereocenters. The number of piperidine rings is 1. The standard InChI is InChI=1S/C22H26N4O3S3/c1-16-4-5-18-19(15-16)31-22(23-18)25-12-10-24(11-13-25)21(27)17-6-8-26(9-7-17)32(28,29)20-3-2-14-30-20/h2-5,14-15,17H,6-13H2,1H3. The van der Waals surface area contributed by atoms with Crippen molar-refractivity contribution in [3.05, 3.63) is 41.3 Å². The molecule has 0 aliphatic carbocycles. The number of fused-ring (bicyclic) bond motifs is 1. The van der Waals surface area contributed by atoms with E-state index in [9.17, 15) is 13.2 Å². The Morgan fingerprint density at radius 3 is 2.50 bits per heavy atom. The third kappa shape index (κ3) is 4.16. The number of carbonyl (C=O) groups excluding carboxylic acids is 1. The van der Waals surface area contributed by atoms with Crippen LogP contribution in [-0.2, 0) is 14.8 Å². The zero-order valence-corrected chi connectivity index (χ0v) is 20.4. The summed E-state index contributed by atoms with van der Waals surface area (Å²) in [7, 11) is -3.43. The highest BCUT2D eigenvalue weighted by atomic mass is 32.2. The van der Waals surface area contributed by atoms with Gasteiger partial charge in [0.1, 0.15) is 4.21 Å². The smallest absolute Gasteiger partial charge is 0.252 e. The number of hydrogen-bond acceptors (Lipinski definition) is 7. The van der Waals surface area contributed by atoms with Crippen LogP contribution in [0.25, 0.3) is 10.2 Å². The molecule has 0 spiro atoms. The van der Waals surface area contributed by atoms with E-state index in [0.717, 1.165) is 23.7 Å². The summed E-state index contributed by atoms with van der Waals surface area (Å²) in [6, 6.07) is 9.71. The summed E-state index contributed by atoms with van der Waals surface area (Å²) in [4.78, 5) is 22.1. The van der Waals surface area contributed by atoms with Gasteiger partial charge in [-0.25, -0.2) is 13.4 Å². The topological polar surface area (TPSA) is 73.8 Å². The van der Waals surface area contributed by atoms with E-state index in [2.05, 4.69) is 30.0 Å². The number of anilines is 1. The molecule has 10 heteroatoms.